The molecule has 0 N–H and O–H groups in total. The summed E-state index contributed by atoms with van der Waals surface area (Å²) in [7, 11) is 0. The summed E-state index contributed by atoms with van der Waals surface area (Å²) in [4.78, 5) is 11.2. The van der Waals surface area contributed by atoms with Gasteiger partial charge in [-0.05, 0) is 30.5 Å². The van der Waals surface area contributed by atoms with Gasteiger partial charge in [0.25, 0.3) is 0 Å². The van der Waals surface area contributed by atoms with E-state index in [-0.39, 0.29) is 5.78 Å². The van der Waals surface area contributed by atoms with Crippen LogP contribution in [0, 0.1) is 0 Å². The number of allylic oxidation sites excluding steroid dienone is 1. The Hall–Kier alpha value is -2.15. The lowest BCUT2D eigenvalue weighted by Crippen LogP contribution is -1.90. The number of Topliss-reactive ketones (excluding diaryl/α,β-unsaturated/α-hetero) is 1. The van der Waals surface area contributed by atoms with E-state index in [1.54, 1.807) is 6.92 Å². The first-order valence-electron chi connectivity index (χ1n) is 6.01. The van der Waals surface area contributed by atoms with Gasteiger partial charge in [-0.15, -0.1) is 0 Å². The fourth-order valence-corrected chi connectivity index (χ4v) is 1.85. The van der Waals surface area contributed by atoms with Crippen molar-refractivity contribution in [2.75, 3.05) is 0 Å². The Labute approximate surface area is 108 Å². The van der Waals surface area contributed by atoms with Crippen molar-refractivity contribution in [3.63, 3.8) is 0 Å². The summed E-state index contributed by atoms with van der Waals surface area (Å²) in [5, 5.41) is 0. The van der Waals surface area contributed by atoms with E-state index in [0.29, 0.717) is 0 Å². The third-order valence-corrected chi connectivity index (χ3v) is 2.93. The van der Waals surface area contributed by atoms with Gasteiger partial charge in [-0.25, -0.2) is 0 Å². The van der Waals surface area contributed by atoms with Crippen LogP contribution in [-0.4, -0.2) is 5.78 Å². The van der Waals surface area contributed by atoms with Crippen molar-refractivity contribution in [2.45, 2.75) is 13.8 Å². The highest BCUT2D eigenvalue weighted by Gasteiger charge is 1.98. The number of hydrogen-bond acceptors (Lipinski definition) is 1. The molecule has 0 atom stereocenters. The molecule has 18 heavy (non-hydrogen) atoms. The number of ketones is 1. The standard InChI is InChI=1S/C17H16O/c1-13(16-6-4-3-5-7-16)12-15-8-10-17(11-9-15)14(2)18/h3-12H,1-2H3/b13-12+. The zero-order valence-corrected chi connectivity index (χ0v) is 10.7. The fraction of sp³-hybridized carbons (Fsp3) is 0.118. The van der Waals surface area contributed by atoms with Gasteiger partial charge in [0.15, 0.2) is 5.78 Å². The highest BCUT2D eigenvalue weighted by atomic mass is 16.1. The minimum absolute atomic E-state index is 0.102. The number of carbonyl (C=O) groups is 1. The Balaban J connectivity index is 2.25. The molecule has 0 unspecified atom stereocenters. The van der Waals surface area contributed by atoms with E-state index in [1.807, 2.05) is 42.5 Å². The average Bonchev–Trinajstić information content (AvgIpc) is 2.40. The molecule has 0 bridgehead atoms. The molecule has 0 radical (unpaired) electrons. The average molecular weight is 236 g/mol. The Morgan fingerprint density at radius 1 is 0.833 bits per heavy atom. The van der Waals surface area contributed by atoms with E-state index in [9.17, 15) is 4.79 Å². The molecule has 1 heteroatoms. The van der Waals surface area contributed by atoms with Gasteiger partial charge in [0.2, 0.25) is 0 Å². The van der Waals surface area contributed by atoms with Crippen molar-refractivity contribution in [3.8, 4) is 0 Å². The van der Waals surface area contributed by atoms with E-state index >= 15 is 0 Å². The predicted molar refractivity (Wildman–Crippen MR) is 76.4 cm³/mol. The van der Waals surface area contributed by atoms with Gasteiger partial charge >= 0.3 is 0 Å². The second-order valence-electron chi connectivity index (χ2n) is 4.37. The molecule has 0 amide bonds. The van der Waals surface area contributed by atoms with Gasteiger partial charge in [0, 0.05) is 5.56 Å². The van der Waals surface area contributed by atoms with Crippen LogP contribution < -0.4 is 0 Å². The first-order chi connectivity index (χ1) is 8.66. The third kappa shape index (κ3) is 2.95. The van der Waals surface area contributed by atoms with Gasteiger partial charge in [0.1, 0.15) is 0 Å². The zero-order chi connectivity index (χ0) is 13.0. The van der Waals surface area contributed by atoms with Crippen molar-refractivity contribution in [3.05, 3.63) is 71.3 Å². The maximum atomic E-state index is 11.2. The van der Waals surface area contributed by atoms with Crippen molar-refractivity contribution in [1.82, 2.24) is 0 Å². The fourth-order valence-electron chi connectivity index (χ4n) is 1.85. The summed E-state index contributed by atoms with van der Waals surface area (Å²) < 4.78 is 0. The number of carbonyl (C=O) groups excluding carboxylic acids is 1. The quantitative estimate of drug-likeness (QED) is 0.568. The lowest BCUT2D eigenvalue weighted by atomic mass is 10.0. The molecule has 0 aliphatic rings. The number of rotatable bonds is 3. The van der Waals surface area contributed by atoms with E-state index in [0.717, 1.165) is 11.1 Å². The first kappa shape index (κ1) is 12.3. The molecule has 2 rings (SSSR count). The normalized spacial score (nSPS) is 11.3. The molecule has 0 fully saturated rings. The topological polar surface area (TPSA) is 17.1 Å². The summed E-state index contributed by atoms with van der Waals surface area (Å²) in [6.07, 6.45) is 2.12. The molecular formula is C17H16O. The minimum atomic E-state index is 0.102. The SMILES string of the molecule is CC(=O)c1ccc(/C=C(\C)c2ccccc2)cc1. The molecule has 0 heterocycles. The molecule has 0 saturated carbocycles. The second kappa shape index (κ2) is 5.46. The van der Waals surface area contributed by atoms with E-state index < -0.39 is 0 Å². The second-order valence-corrected chi connectivity index (χ2v) is 4.37. The van der Waals surface area contributed by atoms with Gasteiger partial charge in [-0.3, -0.25) is 4.79 Å². The molecule has 1 nitrogen and oxygen atoms in total. The highest BCUT2D eigenvalue weighted by molar-refractivity contribution is 5.94. The van der Waals surface area contributed by atoms with Crippen LogP contribution in [0.15, 0.2) is 54.6 Å². The van der Waals surface area contributed by atoms with Crippen LogP contribution in [0.25, 0.3) is 11.6 Å². The maximum Gasteiger partial charge on any atom is 0.159 e. The van der Waals surface area contributed by atoms with E-state index in [2.05, 4.69) is 25.1 Å². The van der Waals surface area contributed by atoms with Crippen LogP contribution >= 0.6 is 0 Å². The summed E-state index contributed by atoms with van der Waals surface area (Å²) in [5.41, 5.74) is 4.30. The maximum absolute atomic E-state index is 11.2. The van der Waals surface area contributed by atoms with Crippen LogP contribution in [0.4, 0.5) is 0 Å². The Morgan fingerprint density at radius 2 is 1.44 bits per heavy atom. The number of hydrogen-bond donors (Lipinski definition) is 0. The summed E-state index contributed by atoms with van der Waals surface area (Å²) in [6.45, 7) is 3.67. The molecule has 0 aliphatic carbocycles. The Bertz CT molecular complexity index is 562. The molecule has 0 spiro atoms. The smallest absolute Gasteiger partial charge is 0.159 e. The lowest BCUT2D eigenvalue weighted by Gasteiger charge is -2.02. The van der Waals surface area contributed by atoms with E-state index in [4.69, 9.17) is 0 Å². The Morgan fingerprint density at radius 3 is 2.00 bits per heavy atom. The molecule has 2 aromatic rings. The van der Waals surface area contributed by atoms with Crippen molar-refractivity contribution in [2.24, 2.45) is 0 Å². The first-order valence-corrected chi connectivity index (χ1v) is 6.01. The highest BCUT2D eigenvalue weighted by Crippen LogP contribution is 2.17. The monoisotopic (exact) mass is 236 g/mol. The lowest BCUT2D eigenvalue weighted by molar-refractivity contribution is 0.101. The molecular weight excluding hydrogens is 220 g/mol. The third-order valence-electron chi connectivity index (χ3n) is 2.93. The van der Waals surface area contributed by atoms with Gasteiger partial charge in [-0.2, -0.15) is 0 Å². The van der Waals surface area contributed by atoms with Crippen LogP contribution in [0.3, 0.4) is 0 Å². The summed E-state index contributed by atoms with van der Waals surface area (Å²) >= 11 is 0. The summed E-state index contributed by atoms with van der Waals surface area (Å²) in [5.74, 6) is 0.102. The molecule has 0 aliphatic heterocycles. The summed E-state index contributed by atoms with van der Waals surface area (Å²) in [6, 6.07) is 18.0. The minimum Gasteiger partial charge on any atom is -0.295 e. The van der Waals surface area contributed by atoms with Crippen molar-refractivity contribution < 1.29 is 4.79 Å². The molecule has 0 aromatic heterocycles. The van der Waals surface area contributed by atoms with Crippen LogP contribution in [0.5, 0.6) is 0 Å². The molecule has 0 saturated heterocycles. The van der Waals surface area contributed by atoms with Crippen LogP contribution in [-0.2, 0) is 0 Å². The largest absolute Gasteiger partial charge is 0.295 e. The zero-order valence-electron chi connectivity index (χ0n) is 10.7. The van der Waals surface area contributed by atoms with E-state index in [1.165, 1.54) is 11.1 Å². The van der Waals surface area contributed by atoms with Crippen LogP contribution in [0.1, 0.15) is 35.3 Å². The molecule has 2 aromatic carbocycles. The van der Waals surface area contributed by atoms with Gasteiger partial charge < -0.3 is 0 Å². The van der Waals surface area contributed by atoms with Crippen molar-refractivity contribution >= 4 is 17.4 Å². The van der Waals surface area contributed by atoms with Gasteiger partial charge in [0.05, 0.1) is 0 Å². The number of benzene rings is 2. The van der Waals surface area contributed by atoms with Crippen LogP contribution in [0.2, 0.25) is 0 Å². The van der Waals surface area contributed by atoms with Gasteiger partial charge in [-0.1, -0.05) is 60.7 Å². The molecule has 90 valence electrons. The Kier molecular flexibility index (Phi) is 3.73. The van der Waals surface area contributed by atoms with Crippen molar-refractivity contribution in [1.29, 1.82) is 0 Å². The predicted octanol–water partition coefficient (Wildman–Crippen LogP) is 4.45.